The van der Waals surface area contributed by atoms with E-state index >= 15 is 0 Å². The molecule has 4 rings (SSSR count). The molecule has 25 heavy (non-hydrogen) atoms. The number of rotatable bonds is 4. The molecule has 4 heterocycles. The van der Waals surface area contributed by atoms with Gasteiger partial charge in [-0.25, -0.2) is 9.97 Å². The van der Waals surface area contributed by atoms with E-state index in [1.54, 1.807) is 12.5 Å². The Morgan fingerprint density at radius 1 is 1.24 bits per heavy atom. The van der Waals surface area contributed by atoms with Crippen molar-refractivity contribution < 1.29 is 4.42 Å². The van der Waals surface area contributed by atoms with E-state index in [1.807, 2.05) is 30.7 Å². The van der Waals surface area contributed by atoms with Gasteiger partial charge in [0.1, 0.15) is 11.0 Å². The Balaban J connectivity index is 1.83. The highest BCUT2D eigenvalue weighted by Crippen LogP contribution is 2.29. The van der Waals surface area contributed by atoms with Gasteiger partial charge in [0.05, 0.1) is 29.5 Å². The predicted molar refractivity (Wildman–Crippen MR) is 94.8 cm³/mol. The summed E-state index contributed by atoms with van der Waals surface area (Å²) in [5.41, 5.74) is 4.37. The van der Waals surface area contributed by atoms with E-state index in [0.29, 0.717) is 17.4 Å². The average Bonchev–Trinajstić information content (AvgIpc) is 3.30. The van der Waals surface area contributed by atoms with Gasteiger partial charge in [0.2, 0.25) is 0 Å². The maximum atomic E-state index is 5.43. The molecule has 0 atom stereocenters. The Kier molecular flexibility index (Phi) is 3.52. The molecule has 0 fully saturated rings. The molecular formula is C17H19N7O. The van der Waals surface area contributed by atoms with Crippen molar-refractivity contribution in [3.05, 3.63) is 36.0 Å². The lowest BCUT2D eigenvalue weighted by Crippen LogP contribution is -2.05. The summed E-state index contributed by atoms with van der Waals surface area (Å²) in [6, 6.07) is 3.93. The normalized spacial score (nSPS) is 11.6. The van der Waals surface area contributed by atoms with Gasteiger partial charge >= 0.3 is 0 Å². The monoisotopic (exact) mass is 337 g/mol. The number of aromatic nitrogens is 6. The van der Waals surface area contributed by atoms with Gasteiger partial charge in [0.25, 0.3) is 0 Å². The van der Waals surface area contributed by atoms with Crippen LogP contribution < -0.4 is 5.32 Å². The molecule has 0 spiro atoms. The molecule has 0 radical (unpaired) electrons. The maximum Gasteiger partial charge on any atom is 0.198 e. The smallest absolute Gasteiger partial charge is 0.198 e. The van der Waals surface area contributed by atoms with Gasteiger partial charge in [0, 0.05) is 6.04 Å². The summed E-state index contributed by atoms with van der Waals surface area (Å²) in [6.07, 6.45) is 3.28. The summed E-state index contributed by atoms with van der Waals surface area (Å²) in [6.45, 7) is 8.24. The van der Waals surface area contributed by atoms with Crippen LogP contribution in [0.1, 0.15) is 31.3 Å². The highest BCUT2D eigenvalue weighted by atomic mass is 16.3. The van der Waals surface area contributed by atoms with Crippen LogP contribution in [0.15, 0.2) is 29.0 Å². The first kappa shape index (κ1) is 15.4. The fraction of sp³-hybridized carbons (Fsp3) is 0.294. The first-order chi connectivity index (χ1) is 12.0. The van der Waals surface area contributed by atoms with Crippen molar-refractivity contribution >= 4 is 22.5 Å². The summed E-state index contributed by atoms with van der Waals surface area (Å²) < 4.78 is 7.43. The molecular weight excluding hydrogens is 318 g/mol. The Labute approximate surface area is 144 Å². The maximum absolute atomic E-state index is 5.43. The third-order valence-corrected chi connectivity index (χ3v) is 4.10. The average molecular weight is 337 g/mol. The van der Waals surface area contributed by atoms with Crippen LogP contribution in [0.5, 0.6) is 0 Å². The van der Waals surface area contributed by atoms with E-state index in [1.165, 1.54) is 0 Å². The van der Waals surface area contributed by atoms with Crippen LogP contribution in [0.4, 0.5) is 11.5 Å². The third kappa shape index (κ3) is 2.55. The Morgan fingerprint density at radius 2 is 2.08 bits per heavy atom. The third-order valence-electron chi connectivity index (χ3n) is 4.10. The fourth-order valence-electron chi connectivity index (χ4n) is 2.91. The number of aromatic amines is 1. The summed E-state index contributed by atoms with van der Waals surface area (Å²) in [7, 11) is 0. The highest BCUT2D eigenvalue weighted by molar-refractivity contribution is 5.88. The minimum Gasteiger partial charge on any atom is -0.461 e. The molecule has 8 nitrogen and oxygen atoms in total. The number of hydrogen-bond donors (Lipinski definition) is 2. The highest BCUT2D eigenvalue weighted by Gasteiger charge is 2.18. The zero-order valence-electron chi connectivity index (χ0n) is 14.5. The lowest BCUT2D eigenvalue weighted by molar-refractivity contribution is 0.516. The number of fused-ring (bicyclic) bond motifs is 1. The van der Waals surface area contributed by atoms with Gasteiger partial charge < -0.3 is 9.73 Å². The van der Waals surface area contributed by atoms with E-state index in [9.17, 15) is 0 Å². The molecule has 0 aliphatic heterocycles. The Morgan fingerprint density at radius 3 is 2.76 bits per heavy atom. The largest absolute Gasteiger partial charge is 0.461 e. The van der Waals surface area contributed by atoms with Gasteiger partial charge in [-0.3, -0.25) is 9.78 Å². The number of nitrogens with zero attached hydrogens (tertiary/aromatic N) is 5. The van der Waals surface area contributed by atoms with Gasteiger partial charge in [-0.2, -0.15) is 10.2 Å². The molecule has 0 bridgehead atoms. The second kappa shape index (κ2) is 5.73. The minimum absolute atomic E-state index is 0.283. The SMILES string of the molecule is Cc1nn(C(C)C)c(C)c1Nc1nc(-c2ccco2)nc2cn[nH]c12. The van der Waals surface area contributed by atoms with Gasteiger partial charge in [-0.1, -0.05) is 0 Å². The van der Waals surface area contributed by atoms with E-state index in [-0.39, 0.29) is 6.04 Å². The first-order valence-electron chi connectivity index (χ1n) is 8.12. The second-order valence-electron chi connectivity index (χ2n) is 6.21. The Bertz CT molecular complexity index is 1030. The molecule has 2 N–H and O–H groups in total. The van der Waals surface area contributed by atoms with Crippen LogP contribution in [-0.2, 0) is 0 Å². The van der Waals surface area contributed by atoms with Gasteiger partial charge in [-0.15, -0.1) is 0 Å². The van der Waals surface area contributed by atoms with Crippen molar-refractivity contribution in [2.75, 3.05) is 5.32 Å². The van der Waals surface area contributed by atoms with Crippen LogP contribution in [-0.4, -0.2) is 29.9 Å². The summed E-state index contributed by atoms with van der Waals surface area (Å²) in [5, 5.41) is 15.1. The molecule has 0 saturated carbocycles. The molecule has 0 unspecified atom stereocenters. The van der Waals surface area contributed by atoms with Crippen LogP contribution in [0.25, 0.3) is 22.6 Å². The summed E-state index contributed by atoms with van der Waals surface area (Å²) in [5.74, 6) is 1.76. The van der Waals surface area contributed by atoms with Crippen molar-refractivity contribution in [1.29, 1.82) is 0 Å². The van der Waals surface area contributed by atoms with Crippen molar-refractivity contribution in [1.82, 2.24) is 29.9 Å². The number of H-pyrrole nitrogens is 1. The minimum atomic E-state index is 0.283. The van der Waals surface area contributed by atoms with Crippen LogP contribution in [0, 0.1) is 13.8 Å². The number of hydrogen-bond acceptors (Lipinski definition) is 6. The molecule has 0 amide bonds. The lowest BCUT2D eigenvalue weighted by atomic mass is 10.3. The topological polar surface area (TPSA) is 97.5 Å². The van der Waals surface area contributed by atoms with E-state index in [0.717, 1.165) is 28.1 Å². The number of nitrogens with one attached hydrogen (secondary N) is 2. The molecule has 0 saturated heterocycles. The molecule has 4 aromatic heterocycles. The first-order valence-corrected chi connectivity index (χ1v) is 8.12. The van der Waals surface area contributed by atoms with E-state index < -0.39 is 0 Å². The van der Waals surface area contributed by atoms with E-state index in [4.69, 9.17) is 4.42 Å². The number of anilines is 2. The van der Waals surface area contributed by atoms with Crippen LogP contribution in [0.3, 0.4) is 0 Å². The van der Waals surface area contributed by atoms with Crippen molar-refractivity contribution in [3.8, 4) is 11.6 Å². The van der Waals surface area contributed by atoms with Crippen molar-refractivity contribution in [2.24, 2.45) is 0 Å². The molecule has 0 aromatic carbocycles. The molecule has 8 heteroatoms. The fourth-order valence-corrected chi connectivity index (χ4v) is 2.91. The summed E-state index contributed by atoms with van der Waals surface area (Å²) in [4.78, 5) is 9.12. The quantitative estimate of drug-likeness (QED) is 0.588. The second-order valence-corrected chi connectivity index (χ2v) is 6.21. The van der Waals surface area contributed by atoms with Crippen molar-refractivity contribution in [2.45, 2.75) is 33.7 Å². The molecule has 128 valence electrons. The predicted octanol–water partition coefficient (Wildman–Crippen LogP) is 3.75. The lowest BCUT2D eigenvalue weighted by Gasteiger charge is -2.10. The standard InChI is InChI=1S/C17H19N7O/c1-9(2)24-11(4)14(10(3)23-24)20-17-15-12(8-18-22-15)19-16(21-17)13-6-5-7-25-13/h5-9H,1-4H3,(H,18,22)(H,19,20,21). The van der Waals surface area contributed by atoms with Gasteiger partial charge in [0.15, 0.2) is 17.4 Å². The zero-order valence-corrected chi connectivity index (χ0v) is 14.5. The molecule has 0 aliphatic carbocycles. The molecule has 0 aliphatic rings. The number of furan rings is 1. The van der Waals surface area contributed by atoms with E-state index in [2.05, 4.69) is 44.4 Å². The van der Waals surface area contributed by atoms with Crippen LogP contribution >= 0.6 is 0 Å². The van der Waals surface area contributed by atoms with Crippen LogP contribution in [0.2, 0.25) is 0 Å². The zero-order chi connectivity index (χ0) is 17.6. The Hall–Kier alpha value is -3.16. The van der Waals surface area contributed by atoms with Gasteiger partial charge in [-0.05, 0) is 39.8 Å². The molecule has 4 aromatic rings. The van der Waals surface area contributed by atoms with Crippen molar-refractivity contribution in [3.63, 3.8) is 0 Å². The number of aryl methyl sites for hydroxylation is 1. The summed E-state index contributed by atoms with van der Waals surface area (Å²) >= 11 is 0.